The molecule has 2 aromatic carbocycles. The molecule has 204 valence electrons. The van der Waals surface area contributed by atoms with Gasteiger partial charge < -0.3 is 10.6 Å². The number of nitrogens with zero attached hydrogens (tertiary/aromatic N) is 4. The molecule has 1 aliphatic heterocycles. The van der Waals surface area contributed by atoms with E-state index in [2.05, 4.69) is 41.4 Å². The number of hydrazine groups is 1. The second-order valence-electron chi connectivity index (χ2n) is 9.85. The maximum Gasteiger partial charge on any atom is 0.335 e. The van der Waals surface area contributed by atoms with Crippen molar-refractivity contribution < 1.29 is 14.4 Å². The van der Waals surface area contributed by atoms with Crippen LogP contribution < -0.4 is 21.5 Å². The maximum atomic E-state index is 13.1. The van der Waals surface area contributed by atoms with Gasteiger partial charge in [0.15, 0.2) is 0 Å². The van der Waals surface area contributed by atoms with Gasteiger partial charge in [-0.3, -0.25) is 20.0 Å². The number of anilines is 1. The molecule has 4 N–H and O–H groups in total. The fraction of sp³-hybridized carbons (Fsp3) is 0.167. The lowest BCUT2D eigenvalue weighted by atomic mass is 10.0. The van der Waals surface area contributed by atoms with Crippen molar-refractivity contribution in [3.63, 3.8) is 0 Å². The van der Waals surface area contributed by atoms with Crippen LogP contribution in [0.4, 0.5) is 10.5 Å². The molecule has 2 aromatic heterocycles. The quantitative estimate of drug-likeness (QED) is 0.282. The monoisotopic (exact) mass is 546 g/mol. The standard InChI is InChI=1S/C30H26N8O3/c1-17-13-22(20-15-32-26(33-16-20)19-11-12-19)25(31-14-17)28(39)37-38-30(41)36-27-29(40)34-23-10-6-5-9-21(23)24(35-27)18-7-3-2-4-8-18/h2-10,13-16,19,27H,11-12H2,1H3,(H,34,40)(H,37,39)(H2,36,38,41). The molecular weight excluding hydrogens is 520 g/mol. The van der Waals surface area contributed by atoms with E-state index in [1.807, 2.05) is 55.5 Å². The molecule has 41 heavy (non-hydrogen) atoms. The van der Waals surface area contributed by atoms with Crippen LogP contribution in [0.5, 0.6) is 0 Å². The molecule has 0 saturated heterocycles. The molecule has 0 radical (unpaired) electrons. The van der Waals surface area contributed by atoms with Crippen LogP contribution in [0, 0.1) is 6.92 Å². The number of amides is 4. The Morgan fingerprint density at radius 1 is 0.854 bits per heavy atom. The smallest absolute Gasteiger partial charge is 0.322 e. The van der Waals surface area contributed by atoms with Crippen LogP contribution in [-0.2, 0) is 4.79 Å². The van der Waals surface area contributed by atoms with E-state index in [9.17, 15) is 14.4 Å². The van der Waals surface area contributed by atoms with E-state index in [1.54, 1.807) is 30.7 Å². The predicted molar refractivity (Wildman–Crippen MR) is 152 cm³/mol. The lowest BCUT2D eigenvalue weighted by Crippen LogP contribution is -2.52. The van der Waals surface area contributed by atoms with Gasteiger partial charge in [-0.05, 0) is 37.5 Å². The molecule has 1 unspecified atom stereocenters. The Bertz CT molecular complexity index is 1670. The van der Waals surface area contributed by atoms with Gasteiger partial charge in [0.1, 0.15) is 11.5 Å². The highest BCUT2D eigenvalue weighted by Crippen LogP contribution is 2.38. The van der Waals surface area contributed by atoms with Crippen LogP contribution in [0.25, 0.3) is 11.1 Å². The summed E-state index contributed by atoms with van der Waals surface area (Å²) in [4.78, 5) is 56.6. The lowest BCUT2D eigenvalue weighted by molar-refractivity contribution is -0.117. The molecule has 3 heterocycles. The summed E-state index contributed by atoms with van der Waals surface area (Å²) in [5, 5.41) is 5.33. The third-order valence-electron chi connectivity index (χ3n) is 6.72. The number of aryl methyl sites for hydroxylation is 1. The zero-order valence-electron chi connectivity index (χ0n) is 22.1. The first-order valence-electron chi connectivity index (χ1n) is 13.2. The zero-order valence-corrected chi connectivity index (χ0v) is 22.1. The van der Waals surface area contributed by atoms with Gasteiger partial charge in [-0.15, -0.1) is 0 Å². The Morgan fingerprint density at radius 2 is 1.59 bits per heavy atom. The Balaban J connectivity index is 1.18. The fourth-order valence-electron chi connectivity index (χ4n) is 4.51. The van der Waals surface area contributed by atoms with Gasteiger partial charge in [-0.2, -0.15) is 0 Å². The number of para-hydroxylation sites is 1. The van der Waals surface area contributed by atoms with Crippen molar-refractivity contribution in [1.82, 2.24) is 31.1 Å². The van der Waals surface area contributed by atoms with Gasteiger partial charge in [0.25, 0.3) is 11.8 Å². The topological polar surface area (TPSA) is 150 Å². The van der Waals surface area contributed by atoms with Gasteiger partial charge in [0.05, 0.1) is 11.4 Å². The minimum absolute atomic E-state index is 0.0886. The van der Waals surface area contributed by atoms with E-state index >= 15 is 0 Å². The van der Waals surface area contributed by atoms with Crippen LogP contribution in [-0.4, -0.2) is 44.7 Å². The number of nitrogens with one attached hydrogen (secondary N) is 4. The summed E-state index contributed by atoms with van der Waals surface area (Å²) >= 11 is 0. The lowest BCUT2D eigenvalue weighted by Gasteiger charge is -2.15. The predicted octanol–water partition coefficient (Wildman–Crippen LogP) is 3.48. The third-order valence-corrected chi connectivity index (χ3v) is 6.72. The Kier molecular flexibility index (Phi) is 6.90. The average molecular weight is 547 g/mol. The molecule has 0 bridgehead atoms. The van der Waals surface area contributed by atoms with Crippen molar-refractivity contribution in [2.75, 3.05) is 5.32 Å². The van der Waals surface area contributed by atoms with Crippen molar-refractivity contribution in [3.8, 4) is 11.1 Å². The van der Waals surface area contributed by atoms with Crippen molar-refractivity contribution in [2.45, 2.75) is 31.8 Å². The molecule has 1 aliphatic carbocycles. The second kappa shape index (κ2) is 11.0. The van der Waals surface area contributed by atoms with E-state index in [-0.39, 0.29) is 5.69 Å². The molecule has 11 heteroatoms. The first-order chi connectivity index (χ1) is 20.0. The SMILES string of the molecule is Cc1cnc(C(=O)NNC(=O)NC2N=C(c3ccccc3)c3ccccc3NC2=O)c(-c2cnc(C3CC3)nc2)c1. The summed E-state index contributed by atoms with van der Waals surface area (Å²) in [6, 6.07) is 17.6. The molecule has 1 atom stereocenters. The molecule has 2 aliphatic rings. The highest BCUT2D eigenvalue weighted by atomic mass is 16.2. The van der Waals surface area contributed by atoms with Crippen LogP contribution in [0.1, 0.15) is 51.8 Å². The van der Waals surface area contributed by atoms with Crippen molar-refractivity contribution in [3.05, 3.63) is 107 Å². The van der Waals surface area contributed by atoms with Gasteiger partial charge in [-0.1, -0.05) is 48.5 Å². The number of hydrogen-bond acceptors (Lipinski definition) is 7. The van der Waals surface area contributed by atoms with E-state index in [1.165, 1.54) is 0 Å². The number of carbonyl (C=O) groups is 3. The van der Waals surface area contributed by atoms with Gasteiger partial charge in [-0.25, -0.2) is 25.2 Å². The molecule has 11 nitrogen and oxygen atoms in total. The number of pyridine rings is 1. The summed E-state index contributed by atoms with van der Waals surface area (Å²) in [7, 11) is 0. The average Bonchev–Trinajstić information content (AvgIpc) is 3.85. The number of urea groups is 1. The summed E-state index contributed by atoms with van der Waals surface area (Å²) in [6.07, 6.45) is 5.83. The largest absolute Gasteiger partial charge is 0.335 e. The van der Waals surface area contributed by atoms with Crippen molar-refractivity contribution in [1.29, 1.82) is 0 Å². The molecular formula is C30H26N8O3. The molecule has 1 fully saturated rings. The number of benzodiazepines with no additional fused rings is 1. The fourth-order valence-corrected chi connectivity index (χ4v) is 4.51. The Hall–Kier alpha value is -5.45. The molecule has 4 amide bonds. The number of aromatic nitrogens is 3. The molecule has 0 spiro atoms. The zero-order chi connectivity index (χ0) is 28.3. The normalized spacial score (nSPS) is 16.0. The summed E-state index contributed by atoms with van der Waals surface area (Å²) < 4.78 is 0. The summed E-state index contributed by atoms with van der Waals surface area (Å²) in [5.41, 5.74) is 9.38. The van der Waals surface area contributed by atoms with Gasteiger partial charge in [0, 0.05) is 46.8 Å². The number of hydrogen-bond donors (Lipinski definition) is 4. The number of rotatable bonds is 5. The third kappa shape index (κ3) is 5.64. The molecule has 6 rings (SSSR count). The summed E-state index contributed by atoms with van der Waals surface area (Å²) in [6.45, 7) is 1.86. The number of benzene rings is 2. The van der Waals surface area contributed by atoms with Crippen LogP contribution >= 0.6 is 0 Å². The number of carbonyl (C=O) groups excluding carboxylic acids is 3. The first kappa shape index (κ1) is 25.8. The second-order valence-corrected chi connectivity index (χ2v) is 9.85. The first-order valence-corrected chi connectivity index (χ1v) is 13.2. The van der Waals surface area contributed by atoms with E-state index in [0.29, 0.717) is 28.4 Å². The van der Waals surface area contributed by atoms with E-state index in [0.717, 1.165) is 35.4 Å². The van der Waals surface area contributed by atoms with E-state index in [4.69, 9.17) is 0 Å². The highest BCUT2D eigenvalue weighted by molar-refractivity contribution is 6.19. The van der Waals surface area contributed by atoms with Crippen LogP contribution in [0.3, 0.4) is 0 Å². The Labute approximate surface area is 235 Å². The molecule has 4 aromatic rings. The maximum absolute atomic E-state index is 13.1. The van der Waals surface area contributed by atoms with Gasteiger partial charge in [0.2, 0.25) is 6.17 Å². The minimum Gasteiger partial charge on any atom is -0.322 e. The Morgan fingerprint density at radius 3 is 2.34 bits per heavy atom. The van der Waals surface area contributed by atoms with Gasteiger partial charge >= 0.3 is 6.03 Å². The van der Waals surface area contributed by atoms with Crippen molar-refractivity contribution in [2.24, 2.45) is 4.99 Å². The molecule has 1 saturated carbocycles. The highest BCUT2D eigenvalue weighted by Gasteiger charge is 2.28. The van der Waals surface area contributed by atoms with Crippen molar-refractivity contribution >= 4 is 29.2 Å². The van der Waals surface area contributed by atoms with Crippen LogP contribution in [0.15, 0.2) is 84.2 Å². The number of aliphatic imine (C=N–C) groups is 1. The van der Waals surface area contributed by atoms with E-state index < -0.39 is 24.0 Å². The summed E-state index contributed by atoms with van der Waals surface area (Å²) in [5.74, 6) is 0.0278. The number of fused-ring (bicyclic) bond motifs is 1. The minimum atomic E-state index is -1.26. The van der Waals surface area contributed by atoms with Crippen LogP contribution in [0.2, 0.25) is 0 Å².